The molecule has 0 bridgehead atoms. The molecule has 0 spiro atoms. The third-order valence-corrected chi connectivity index (χ3v) is 5.19. The molecule has 0 saturated heterocycles. The first-order valence-electron chi connectivity index (χ1n) is 9.25. The second kappa shape index (κ2) is 11.9. The van der Waals surface area contributed by atoms with Crippen molar-refractivity contribution >= 4 is 29.3 Å². The number of ether oxygens (including phenoxy) is 4. The third-order valence-electron chi connectivity index (χ3n) is 4.18. The normalized spacial score (nSPS) is 10.3. The van der Waals surface area contributed by atoms with Crippen LogP contribution in [0, 0.1) is 0 Å². The van der Waals surface area contributed by atoms with Crippen molar-refractivity contribution in [3.8, 4) is 17.2 Å². The van der Waals surface area contributed by atoms with Gasteiger partial charge in [-0.1, -0.05) is 0 Å². The molecule has 2 rings (SSSR count). The molecular weight excluding hydrogens is 408 g/mol. The van der Waals surface area contributed by atoms with Gasteiger partial charge in [0.2, 0.25) is 11.7 Å². The van der Waals surface area contributed by atoms with Crippen LogP contribution >= 0.6 is 11.8 Å². The number of aryl methyl sites for hydroxylation is 1. The lowest BCUT2D eigenvalue weighted by Gasteiger charge is -2.14. The number of esters is 1. The highest BCUT2D eigenvalue weighted by atomic mass is 32.2. The summed E-state index contributed by atoms with van der Waals surface area (Å²) >= 11 is 1.39. The molecule has 30 heavy (non-hydrogen) atoms. The second-order valence-electron chi connectivity index (χ2n) is 6.11. The number of aromatic nitrogens is 1. The molecule has 2 aromatic rings. The number of nitrogens with zero attached hydrogens (tertiary/aromatic N) is 1. The standard InChI is InChI=1S/C21H26N2O6S/c1-26-16-12-14(13-17(27-2)20(16)29-4)7-8-18(24)23-15-6-5-10-22-21(15)30-11-9-19(25)28-3/h5-6,10,12-13H,7-9,11H2,1-4H3,(H,23,24). The number of carbonyl (C=O) groups excluding carboxylic acids is 2. The Morgan fingerprint density at radius 3 is 2.33 bits per heavy atom. The number of rotatable bonds is 11. The Balaban J connectivity index is 1.99. The van der Waals surface area contributed by atoms with E-state index in [1.807, 2.05) is 12.1 Å². The van der Waals surface area contributed by atoms with Crippen LogP contribution in [0.5, 0.6) is 17.2 Å². The van der Waals surface area contributed by atoms with Gasteiger partial charge in [-0.15, -0.1) is 11.8 Å². The van der Waals surface area contributed by atoms with E-state index in [9.17, 15) is 9.59 Å². The summed E-state index contributed by atoms with van der Waals surface area (Å²) in [6.45, 7) is 0. The molecule has 0 aliphatic carbocycles. The Morgan fingerprint density at radius 1 is 1.03 bits per heavy atom. The van der Waals surface area contributed by atoms with Crippen LogP contribution in [0.1, 0.15) is 18.4 Å². The maximum atomic E-state index is 12.5. The van der Waals surface area contributed by atoms with E-state index in [1.165, 1.54) is 18.9 Å². The van der Waals surface area contributed by atoms with Crippen molar-refractivity contribution in [3.05, 3.63) is 36.0 Å². The van der Waals surface area contributed by atoms with Crippen molar-refractivity contribution in [3.63, 3.8) is 0 Å². The average Bonchev–Trinajstić information content (AvgIpc) is 2.77. The number of carbonyl (C=O) groups is 2. The van der Waals surface area contributed by atoms with Crippen LogP contribution in [0.4, 0.5) is 5.69 Å². The zero-order chi connectivity index (χ0) is 21.9. The first-order valence-corrected chi connectivity index (χ1v) is 10.2. The Labute approximate surface area is 180 Å². The summed E-state index contributed by atoms with van der Waals surface area (Å²) < 4.78 is 20.7. The van der Waals surface area contributed by atoms with Gasteiger partial charge >= 0.3 is 5.97 Å². The number of hydrogen-bond acceptors (Lipinski definition) is 8. The summed E-state index contributed by atoms with van der Waals surface area (Å²) in [6, 6.07) is 7.18. The van der Waals surface area contributed by atoms with Crippen LogP contribution in [0.2, 0.25) is 0 Å². The van der Waals surface area contributed by atoms with Crippen molar-refractivity contribution in [2.24, 2.45) is 0 Å². The summed E-state index contributed by atoms with van der Waals surface area (Å²) in [6.07, 6.45) is 2.67. The highest BCUT2D eigenvalue weighted by molar-refractivity contribution is 7.99. The fraction of sp³-hybridized carbons (Fsp3) is 0.381. The van der Waals surface area contributed by atoms with Crippen LogP contribution in [-0.2, 0) is 20.7 Å². The average molecular weight is 435 g/mol. The minimum atomic E-state index is -0.283. The highest BCUT2D eigenvalue weighted by Crippen LogP contribution is 2.38. The number of benzene rings is 1. The largest absolute Gasteiger partial charge is 0.493 e. The quantitative estimate of drug-likeness (QED) is 0.425. The van der Waals surface area contributed by atoms with E-state index in [0.29, 0.717) is 40.1 Å². The predicted molar refractivity (Wildman–Crippen MR) is 115 cm³/mol. The van der Waals surface area contributed by atoms with Crippen LogP contribution in [0.15, 0.2) is 35.5 Å². The number of hydrogen-bond donors (Lipinski definition) is 1. The van der Waals surface area contributed by atoms with E-state index in [2.05, 4.69) is 15.0 Å². The molecule has 0 unspecified atom stereocenters. The van der Waals surface area contributed by atoms with Gasteiger partial charge in [0.25, 0.3) is 0 Å². The van der Waals surface area contributed by atoms with Gasteiger partial charge in [0.05, 0.1) is 40.5 Å². The van der Waals surface area contributed by atoms with Gasteiger partial charge in [0.15, 0.2) is 11.5 Å². The van der Waals surface area contributed by atoms with Gasteiger partial charge < -0.3 is 24.3 Å². The second-order valence-corrected chi connectivity index (χ2v) is 7.20. The molecule has 1 aromatic heterocycles. The summed E-state index contributed by atoms with van der Waals surface area (Å²) in [4.78, 5) is 28.0. The highest BCUT2D eigenvalue weighted by Gasteiger charge is 2.15. The van der Waals surface area contributed by atoms with Crippen molar-refractivity contribution in [2.75, 3.05) is 39.5 Å². The number of thioether (sulfide) groups is 1. The molecule has 0 atom stereocenters. The number of pyridine rings is 1. The summed E-state index contributed by atoms with van der Waals surface area (Å²) in [5, 5.41) is 3.54. The smallest absolute Gasteiger partial charge is 0.306 e. The summed E-state index contributed by atoms with van der Waals surface area (Å²) in [7, 11) is 6.00. The summed E-state index contributed by atoms with van der Waals surface area (Å²) in [5.41, 5.74) is 1.50. The molecular formula is C21H26N2O6S. The van der Waals surface area contributed by atoms with Gasteiger partial charge in [-0.3, -0.25) is 9.59 Å². The summed E-state index contributed by atoms with van der Waals surface area (Å²) in [5.74, 6) is 1.68. The first kappa shape index (κ1) is 23.3. The zero-order valence-electron chi connectivity index (χ0n) is 17.5. The molecule has 0 fully saturated rings. The Kier molecular flexibility index (Phi) is 9.27. The number of nitrogens with one attached hydrogen (secondary N) is 1. The van der Waals surface area contributed by atoms with Gasteiger partial charge in [-0.2, -0.15) is 0 Å². The number of amides is 1. The fourth-order valence-corrected chi connectivity index (χ4v) is 3.56. The maximum Gasteiger partial charge on any atom is 0.306 e. The van der Waals surface area contributed by atoms with Crippen molar-refractivity contribution < 1.29 is 28.5 Å². The fourth-order valence-electron chi connectivity index (χ4n) is 2.68. The van der Waals surface area contributed by atoms with E-state index in [4.69, 9.17) is 14.2 Å². The van der Waals surface area contributed by atoms with E-state index in [-0.39, 0.29) is 24.7 Å². The van der Waals surface area contributed by atoms with Crippen LogP contribution < -0.4 is 19.5 Å². The SMILES string of the molecule is COC(=O)CCSc1ncccc1NC(=O)CCc1cc(OC)c(OC)c(OC)c1. The Hall–Kier alpha value is -2.94. The Bertz CT molecular complexity index is 849. The molecule has 0 saturated carbocycles. The Morgan fingerprint density at radius 2 is 1.73 bits per heavy atom. The van der Waals surface area contributed by atoms with Crippen LogP contribution in [0.25, 0.3) is 0 Å². The lowest BCUT2D eigenvalue weighted by Crippen LogP contribution is -2.13. The van der Waals surface area contributed by atoms with Gasteiger partial charge in [0, 0.05) is 18.4 Å². The minimum absolute atomic E-state index is 0.147. The van der Waals surface area contributed by atoms with Crippen molar-refractivity contribution in [1.82, 2.24) is 4.98 Å². The topological polar surface area (TPSA) is 96.0 Å². The minimum Gasteiger partial charge on any atom is -0.493 e. The van der Waals surface area contributed by atoms with Gasteiger partial charge in [-0.25, -0.2) is 4.98 Å². The van der Waals surface area contributed by atoms with E-state index in [0.717, 1.165) is 5.56 Å². The number of anilines is 1. The molecule has 0 radical (unpaired) electrons. The lowest BCUT2D eigenvalue weighted by atomic mass is 10.1. The van der Waals surface area contributed by atoms with E-state index >= 15 is 0 Å². The molecule has 1 N–H and O–H groups in total. The van der Waals surface area contributed by atoms with Gasteiger partial charge in [0.1, 0.15) is 5.03 Å². The van der Waals surface area contributed by atoms with Crippen molar-refractivity contribution in [1.29, 1.82) is 0 Å². The molecule has 1 aromatic carbocycles. The molecule has 162 valence electrons. The van der Waals surface area contributed by atoms with E-state index in [1.54, 1.807) is 39.7 Å². The zero-order valence-corrected chi connectivity index (χ0v) is 18.3. The number of methoxy groups -OCH3 is 4. The monoisotopic (exact) mass is 434 g/mol. The molecule has 0 aliphatic heterocycles. The van der Waals surface area contributed by atoms with Crippen LogP contribution in [0.3, 0.4) is 0 Å². The van der Waals surface area contributed by atoms with Gasteiger partial charge in [-0.05, 0) is 36.2 Å². The molecule has 1 heterocycles. The predicted octanol–water partition coefficient (Wildman–Crippen LogP) is 3.33. The van der Waals surface area contributed by atoms with Crippen LogP contribution in [-0.4, -0.2) is 51.1 Å². The molecule has 8 nitrogen and oxygen atoms in total. The van der Waals surface area contributed by atoms with Crippen molar-refractivity contribution in [2.45, 2.75) is 24.3 Å². The molecule has 9 heteroatoms. The lowest BCUT2D eigenvalue weighted by molar-refractivity contribution is -0.140. The first-order chi connectivity index (χ1) is 14.5. The van der Waals surface area contributed by atoms with E-state index < -0.39 is 0 Å². The maximum absolute atomic E-state index is 12.5. The third kappa shape index (κ3) is 6.55. The molecule has 0 aliphatic rings. The molecule has 1 amide bonds.